The van der Waals surface area contributed by atoms with Gasteiger partial charge < -0.3 is 20.7 Å². The average molecular weight is 406 g/mol. The van der Waals surface area contributed by atoms with Crippen LogP contribution in [-0.2, 0) is 4.74 Å². The van der Waals surface area contributed by atoms with E-state index in [4.69, 9.17) is 10.5 Å². The van der Waals surface area contributed by atoms with E-state index in [1.165, 1.54) is 5.69 Å². The zero-order chi connectivity index (χ0) is 14.6. The summed E-state index contributed by atoms with van der Waals surface area (Å²) in [7, 11) is 2.06. The molecule has 120 valence electrons. The number of ether oxygens (including phenoxy) is 1. The molecule has 0 unspecified atom stereocenters. The number of aliphatic imine (C=N–C) groups is 1. The molecule has 0 aromatic heterocycles. The van der Waals surface area contributed by atoms with Crippen LogP contribution in [0, 0.1) is 0 Å². The molecular formula is C15H27IN4O. The summed E-state index contributed by atoms with van der Waals surface area (Å²) >= 11 is 0. The Balaban J connectivity index is 0.00000400. The molecule has 0 aliphatic heterocycles. The summed E-state index contributed by atoms with van der Waals surface area (Å²) in [5.41, 5.74) is 6.99. The highest BCUT2D eigenvalue weighted by atomic mass is 127. The van der Waals surface area contributed by atoms with E-state index in [-0.39, 0.29) is 24.0 Å². The summed E-state index contributed by atoms with van der Waals surface area (Å²) in [6, 6.07) is 10.3. The number of anilines is 1. The maximum atomic E-state index is 5.79. The third-order valence-electron chi connectivity index (χ3n) is 2.88. The molecule has 0 aliphatic rings. The van der Waals surface area contributed by atoms with Gasteiger partial charge >= 0.3 is 0 Å². The van der Waals surface area contributed by atoms with Crippen LogP contribution in [0.5, 0.6) is 0 Å². The number of nitrogens with zero attached hydrogens (tertiary/aromatic N) is 2. The van der Waals surface area contributed by atoms with Gasteiger partial charge in [0.1, 0.15) is 0 Å². The molecule has 0 radical (unpaired) electrons. The van der Waals surface area contributed by atoms with Crippen LogP contribution in [0.1, 0.15) is 13.3 Å². The minimum absolute atomic E-state index is 0. The zero-order valence-electron chi connectivity index (χ0n) is 12.9. The number of likely N-dealkylation sites (N-methyl/N-ethyl adjacent to an activating group) is 1. The Morgan fingerprint density at radius 3 is 2.71 bits per heavy atom. The van der Waals surface area contributed by atoms with E-state index in [0.717, 1.165) is 32.7 Å². The van der Waals surface area contributed by atoms with Crippen LogP contribution in [0.15, 0.2) is 35.3 Å². The van der Waals surface area contributed by atoms with Gasteiger partial charge in [-0.05, 0) is 25.5 Å². The molecule has 21 heavy (non-hydrogen) atoms. The van der Waals surface area contributed by atoms with Gasteiger partial charge in [0, 0.05) is 45.6 Å². The topological polar surface area (TPSA) is 62.9 Å². The van der Waals surface area contributed by atoms with E-state index in [9.17, 15) is 0 Å². The normalized spacial score (nSPS) is 10.9. The number of hydrogen-bond donors (Lipinski definition) is 2. The Kier molecular flexibility index (Phi) is 12.1. The minimum Gasteiger partial charge on any atom is -0.382 e. The first-order chi connectivity index (χ1) is 9.74. The molecule has 0 saturated carbocycles. The Hall–Kier alpha value is -1.02. The van der Waals surface area contributed by atoms with Crippen molar-refractivity contribution in [3.8, 4) is 0 Å². The minimum atomic E-state index is 0. The second-order valence-corrected chi connectivity index (χ2v) is 4.50. The average Bonchev–Trinajstić information content (AvgIpc) is 2.48. The van der Waals surface area contributed by atoms with Gasteiger partial charge in [0.25, 0.3) is 0 Å². The highest BCUT2D eigenvalue weighted by molar-refractivity contribution is 14.0. The van der Waals surface area contributed by atoms with Crippen molar-refractivity contribution in [2.24, 2.45) is 10.7 Å². The molecule has 5 nitrogen and oxygen atoms in total. The molecule has 1 rings (SSSR count). The molecule has 3 N–H and O–H groups in total. The molecule has 0 bridgehead atoms. The number of benzene rings is 1. The van der Waals surface area contributed by atoms with Gasteiger partial charge in [-0.1, -0.05) is 18.2 Å². The standard InChI is InChI=1S/C15H26N4O.HI/c1-3-20-13-7-10-17-15(16)18-11-12-19(2)14-8-5-4-6-9-14;/h4-6,8-9H,3,7,10-13H2,1-2H3,(H3,16,17,18);1H. The summed E-state index contributed by atoms with van der Waals surface area (Å²) < 4.78 is 5.24. The number of rotatable bonds is 9. The molecule has 0 heterocycles. The summed E-state index contributed by atoms with van der Waals surface area (Å²) in [5, 5.41) is 3.12. The second-order valence-electron chi connectivity index (χ2n) is 4.50. The smallest absolute Gasteiger partial charge is 0.188 e. The van der Waals surface area contributed by atoms with E-state index in [2.05, 4.69) is 34.4 Å². The van der Waals surface area contributed by atoms with E-state index >= 15 is 0 Å². The van der Waals surface area contributed by atoms with Gasteiger partial charge in [-0.15, -0.1) is 24.0 Å². The molecule has 1 aromatic carbocycles. The highest BCUT2D eigenvalue weighted by Crippen LogP contribution is 2.09. The molecule has 0 atom stereocenters. The molecular weight excluding hydrogens is 379 g/mol. The predicted molar refractivity (Wildman–Crippen MR) is 101 cm³/mol. The van der Waals surface area contributed by atoms with Crippen LogP contribution in [0.25, 0.3) is 0 Å². The van der Waals surface area contributed by atoms with E-state index in [1.807, 2.05) is 25.1 Å². The fraction of sp³-hybridized carbons (Fsp3) is 0.533. The summed E-state index contributed by atoms with van der Waals surface area (Å²) in [5.74, 6) is 0.503. The number of halogens is 1. The van der Waals surface area contributed by atoms with Crippen molar-refractivity contribution in [2.75, 3.05) is 44.8 Å². The van der Waals surface area contributed by atoms with Crippen molar-refractivity contribution in [1.82, 2.24) is 5.32 Å². The molecule has 0 spiro atoms. The fourth-order valence-electron chi connectivity index (χ4n) is 1.73. The van der Waals surface area contributed by atoms with Gasteiger partial charge in [-0.25, -0.2) is 0 Å². The van der Waals surface area contributed by atoms with Gasteiger partial charge in [0.15, 0.2) is 5.96 Å². The van der Waals surface area contributed by atoms with Crippen molar-refractivity contribution >= 4 is 35.6 Å². The Labute approximate surface area is 145 Å². The maximum absolute atomic E-state index is 5.79. The van der Waals surface area contributed by atoms with E-state index in [1.54, 1.807) is 0 Å². The van der Waals surface area contributed by atoms with Crippen molar-refractivity contribution in [1.29, 1.82) is 0 Å². The van der Waals surface area contributed by atoms with Gasteiger partial charge in [-0.3, -0.25) is 4.99 Å². The zero-order valence-corrected chi connectivity index (χ0v) is 15.2. The van der Waals surface area contributed by atoms with Crippen molar-refractivity contribution < 1.29 is 4.74 Å². The van der Waals surface area contributed by atoms with Gasteiger partial charge in [-0.2, -0.15) is 0 Å². The largest absolute Gasteiger partial charge is 0.382 e. The van der Waals surface area contributed by atoms with Crippen molar-refractivity contribution in [3.63, 3.8) is 0 Å². The van der Waals surface area contributed by atoms with Crippen LogP contribution in [0.3, 0.4) is 0 Å². The summed E-state index contributed by atoms with van der Waals surface area (Å²) in [6.07, 6.45) is 0.903. The molecule has 0 saturated heterocycles. The maximum Gasteiger partial charge on any atom is 0.188 e. The monoisotopic (exact) mass is 406 g/mol. The molecule has 6 heteroatoms. The third-order valence-corrected chi connectivity index (χ3v) is 2.88. The first kappa shape index (κ1) is 20.0. The van der Waals surface area contributed by atoms with Crippen molar-refractivity contribution in [2.45, 2.75) is 13.3 Å². The molecule has 0 fully saturated rings. The summed E-state index contributed by atoms with van der Waals surface area (Å²) in [6.45, 7) is 5.83. The second kappa shape index (κ2) is 12.7. The van der Waals surface area contributed by atoms with Crippen LogP contribution in [-0.4, -0.2) is 45.9 Å². The van der Waals surface area contributed by atoms with Crippen LogP contribution in [0.2, 0.25) is 0 Å². The number of nitrogens with two attached hydrogens (primary N) is 1. The number of hydrogen-bond acceptors (Lipinski definition) is 3. The Bertz CT molecular complexity index is 387. The number of guanidine groups is 1. The Morgan fingerprint density at radius 2 is 2.05 bits per heavy atom. The van der Waals surface area contributed by atoms with Crippen molar-refractivity contribution in [3.05, 3.63) is 30.3 Å². The SMILES string of the molecule is CCOCCCN=C(N)NCCN(C)c1ccccc1.I. The summed E-state index contributed by atoms with van der Waals surface area (Å²) in [4.78, 5) is 6.43. The fourth-order valence-corrected chi connectivity index (χ4v) is 1.73. The lowest BCUT2D eigenvalue weighted by molar-refractivity contribution is 0.146. The lowest BCUT2D eigenvalue weighted by atomic mass is 10.3. The molecule has 0 aliphatic carbocycles. The van der Waals surface area contributed by atoms with Crippen LogP contribution >= 0.6 is 24.0 Å². The third kappa shape index (κ3) is 9.52. The van der Waals surface area contributed by atoms with Crippen LogP contribution in [0.4, 0.5) is 5.69 Å². The quantitative estimate of drug-likeness (QED) is 0.285. The van der Waals surface area contributed by atoms with E-state index in [0.29, 0.717) is 12.5 Å². The highest BCUT2D eigenvalue weighted by Gasteiger charge is 1.99. The first-order valence-corrected chi connectivity index (χ1v) is 7.11. The molecule has 1 aromatic rings. The first-order valence-electron chi connectivity index (χ1n) is 7.11. The number of nitrogens with one attached hydrogen (secondary N) is 1. The van der Waals surface area contributed by atoms with Gasteiger partial charge in [0.05, 0.1) is 0 Å². The molecule has 0 amide bonds. The van der Waals surface area contributed by atoms with Gasteiger partial charge in [0.2, 0.25) is 0 Å². The lowest BCUT2D eigenvalue weighted by Gasteiger charge is -2.19. The number of para-hydroxylation sites is 1. The van der Waals surface area contributed by atoms with Crippen LogP contribution < -0.4 is 16.0 Å². The lowest BCUT2D eigenvalue weighted by Crippen LogP contribution is -2.37. The predicted octanol–water partition coefficient (Wildman–Crippen LogP) is 2.07. The Morgan fingerprint density at radius 1 is 1.33 bits per heavy atom. The van der Waals surface area contributed by atoms with E-state index < -0.39 is 0 Å².